The second-order valence-electron chi connectivity index (χ2n) is 5.42. The quantitative estimate of drug-likeness (QED) is 0.770. The van der Waals surface area contributed by atoms with Gasteiger partial charge in [0, 0.05) is 5.56 Å². The van der Waals surface area contributed by atoms with Crippen LogP contribution in [0, 0.1) is 0 Å². The summed E-state index contributed by atoms with van der Waals surface area (Å²) in [5.74, 6) is 0.203. The van der Waals surface area contributed by atoms with Crippen LogP contribution in [0.1, 0.15) is 18.5 Å². The number of nitrogens with zero attached hydrogens (tertiary/aromatic N) is 4. The van der Waals surface area contributed by atoms with Crippen molar-refractivity contribution in [3.8, 4) is 11.5 Å². The van der Waals surface area contributed by atoms with E-state index in [4.69, 9.17) is 14.2 Å². The summed E-state index contributed by atoms with van der Waals surface area (Å²) in [6.07, 6.45) is 0. The molecule has 0 radical (unpaired) electrons. The van der Waals surface area contributed by atoms with Gasteiger partial charge in [-0.25, -0.2) is 4.79 Å². The number of hydrogen-bond acceptors (Lipinski definition) is 9. The van der Waals surface area contributed by atoms with Crippen LogP contribution in [0.2, 0.25) is 0 Å². The van der Waals surface area contributed by atoms with Crippen LogP contribution in [-0.2, 0) is 14.3 Å². The number of carbonyl (C=O) groups excluding carboxylic acids is 2. The van der Waals surface area contributed by atoms with Crippen molar-refractivity contribution in [2.75, 3.05) is 26.6 Å². The van der Waals surface area contributed by atoms with Gasteiger partial charge in [0.15, 0.2) is 5.78 Å². The number of benzene rings is 1. The molecular weight excluding hydrogens is 342 g/mol. The van der Waals surface area contributed by atoms with Gasteiger partial charge in [0.1, 0.15) is 23.2 Å². The van der Waals surface area contributed by atoms with Crippen molar-refractivity contribution >= 4 is 17.7 Å². The zero-order chi connectivity index (χ0) is 18.8. The first-order chi connectivity index (χ1) is 12.5. The number of ether oxygens (including phenoxy) is 3. The summed E-state index contributed by atoms with van der Waals surface area (Å²) in [6, 6.07) is 4.34. The van der Waals surface area contributed by atoms with Crippen LogP contribution in [-0.4, -0.2) is 53.3 Å². The van der Waals surface area contributed by atoms with E-state index in [-0.39, 0.29) is 23.0 Å². The SMILES string of the molecule is COC(=O)C1=C(C(C)=O)[C@H](c2cc(OC)ccc2OC)n2nnnc2N1. The van der Waals surface area contributed by atoms with Gasteiger partial charge < -0.3 is 19.5 Å². The summed E-state index contributed by atoms with van der Waals surface area (Å²) in [5.41, 5.74) is 0.703. The Labute approximate surface area is 148 Å². The molecule has 1 atom stereocenters. The Morgan fingerprint density at radius 2 is 1.96 bits per heavy atom. The molecule has 3 rings (SSSR count). The van der Waals surface area contributed by atoms with Gasteiger partial charge in [-0.1, -0.05) is 5.10 Å². The van der Waals surface area contributed by atoms with Gasteiger partial charge in [0.25, 0.3) is 0 Å². The minimum Gasteiger partial charge on any atom is -0.497 e. The molecule has 2 heterocycles. The van der Waals surface area contributed by atoms with Crippen molar-refractivity contribution in [1.82, 2.24) is 20.2 Å². The molecule has 1 aromatic heterocycles. The summed E-state index contributed by atoms with van der Waals surface area (Å²) in [6.45, 7) is 1.36. The Kier molecular flexibility index (Phi) is 4.57. The van der Waals surface area contributed by atoms with Crippen LogP contribution in [0.15, 0.2) is 29.5 Å². The van der Waals surface area contributed by atoms with Gasteiger partial charge in [-0.2, -0.15) is 4.68 Å². The summed E-state index contributed by atoms with van der Waals surface area (Å²) < 4.78 is 16.9. The highest BCUT2D eigenvalue weighted by atomic mass is 16.5. The molecule has 1 N–H and O–H groups in total. The lowest BCUT2D eigenvalue weighted by molar-refractivity contribution is -0.136. The minimum atomic E-state index is -0.794. The number of fused-ring (bicyclic) bond motifs is 1. The zero-order valence-electron chi connectivity index (χ0n) is 14.6. The van der Waals surface area contributed by atoms with Crippen LogP contribution in [0.25, 0.3) is 0 Å². The molecule has 1 aliphatic heterocycles. The standard InChI is InChI=1S/C16H17N5O5/c1-8(22)12-13(15(23)26-4)17-16-18-19-20-21(16)14(12)10-7-9(24-2)5-6-11(10)25-3/h5-7,14H,1-4H3,(H,17,18,20)/t14-/m0/s1. The lowest BCUT2D eigenvalue weighted by Crippen LogP contribution is -2.32. The van der Waals surface area contributed by atoms with Crippen LogP contribution in [0.5, 0.6) is 11.5 Å². The summed E-state index contributed by atoms with van der Waals surface area (Å²) in [7, 11) is 4.26. The highest BCUT2D eigenvalue weighted by Gasteiger charge is 2.38. The summed E-state index contributed by atoms with van der Waals surface area (Å²) in [5, 5.41) is 14.2. The smallest absolute Gasteiger partial charge is 0.355 e. The molecule has 26 heavy (non-hydrogen) atoms. The Hall–Kier alpha value is -3.43. The maximum atomic E-state index is 12.4. The Morgan fingerprint density at radius 3 is 2.58 bits per heavy atom. The van der Waals surface area contributed by atoms with E-state index in [9.17, 15) is 9.59 Å². The third-order valence-corrected chi connectivity index (χ3v) is 4.02. The monoisotopic (exact) mass is 359 g/mol. The van der Waals surface area contributed by atoms with Crippen LogP contribution >= 0.6 is 0 Å². The molecule has 0 unspecified atom stereocenters. The van der Waals surface area contributed by atoms with Crippen molar-refractivity contribution in [2.24, 2.45) is 0 Å². The highest BCUT2D eigenvalue weighted by molar-refractivity contribution is 6.06. The number of aromatic nitrogens is 4. The number of hydrogen-bond donors (Lipinski definition) is 1. The minimum absolute atomic E-state index is 0.0165. The Bertz CT molecular complexity index is 904. The predicted octanol–water partition coefficient (Wildman–Crippen LogP) is 0.721. The van der Waals surface area contributed by atoms with E-state index in [2.05, 4.69) is 20.8 Å². The number of anilines is 1. The number of carbonyl (C=O) groups is 2. The first-order valence-corrected chi connectivity index (χ1v) is 7.62. The normalized spacial score (nSPS) is 15.8. The average Bonchev–Trinajstić information content (AvgIpc) is 3.13. The number of tetrazole rings is 1. The van der Waals surface area contributed by atoms with Gasteiger partial charge in [-0.3, -0.25) is 4.79 Å². The molecule has 0 amide bonds. The number of allylic oxidation sites excluding steroid dienone is 1. The third kappa shape index (κ3) is 2.75. The summed E-state index contributed by atoms with van der Waals surface area (Å²) in [4.78, 5) is 24.7. The molecule has 0 fully saturated rings. The van der Waals surface area contributed by atoms with Gasteiger partial charge >= 0.3 is 5.97 Å². The number of esters is 1. The van der Waals surface area contributed by atoms with Crippen LogP contribution in [0.3, 0.4) is 0 Å². The van der Waals surface area contributed by atoms with E-state index < -0.39 is 12.0 Å². The second kappa shape index (κ2) is 6.82. The number of rotatable bonds is 5. The summed E-state index contributed by atoms with van der Waals surface area (Å²) >= 11 is 0. The van der Waals surface area contributed by atoms with Crippen molar-refractivity contribution in [3.63, 3.8) is 0 Å². The molecule has 1 aromatic carbocycles. The molecule has 10 heteroatoms. The maximum absolute atomic E-state index is 12.4. The molecule has 0 spiro atoms. The largest absolute Gasteiger partial charge is 0.497 e. The second-order valence-corrected chi connectivity index (χ2v) is 5.42. The number of methoxy groups -OCH3 is 3. The highest BCUT2D eigenvalue weighted by Crippen LogP contribution is 2.40. The van der Waals surface area contributed by atoms with Crippen LogP contribution in [0.4, 0.5) is 5.95 Å². The number of nitrogens with one attached hydrogen (secondary N) is 1. The van der Waals surface area contributed by atoms with E-state index >= 15 is 0 Å². The maximum Gasteiger partial charge on any atom is 0.355 e. The van der Waals surface area contributed by atoms with E-state index in [1.165, 1.54) is 32.9 Å². The fourth-order valence-corrected chi connectivity index (χ4v) is 2.86. The lowest BCUT2D eigenvalue weighted by atomic mass is 9.92. The lowest BCUT2D eigenvalue weighted by Gasteiger charge is -2.28. The Morgan fingerprint density at radius 1 is 1.19 bits per heavy atom. The van der Waals surface area contributed by atoms with Crippen LogP contribution < -0.4 is 14.8 Å². The topological polar surface area (TPSA) is 117 Å². The van der Waals surface area contributed by atoms with Crippen molar-refractivity contribution in [1.29, 1.82) is 0 Å². The van der Waals surface area contributed by atoms with Crippen molar-refractivity contribution in [3.05, 3.63) is 35.0 Å². The van der Waals surface area contributed by atoms with E-state index in [1.807, 2.05) is 0 Å². The van der Waals surface area contributed by atoms with Gasteiger partial charge in [-0.15, -0.1) is 0 Å². The average molecular weight is 359 g/mol. The molecule has 0 saturated heterocycles. The van der Waals surface area contributed by atoms with E-state index in [0.29, 0.717) is 17.1 Å². The molecule has 0 bridgehead atoms. The number of ketones is 1. The first-order valence-electron chi connectivity index (χ1n) is 7.62. The van der Waals surface area contributed by atoms with Crippen molar-refractivity contribution < 1.29 is 23.8 Å². The molecule has 1 aliphatic rings. The number of Topliss-reactive ketones (excluding diaryl/α,β-unsaturated/α-hetero) is 1. The molecular formula is C16H17N5O5. The predicted molar refractivity (Wildman–Crippen MR) is 88.8 cm³/mol. The zero-order valence-corrected chi connectivity index (χ0v) is 14.6. The molecule has 10 nitrogen and oxygen atoms in total. The van der Waals surface area contributed by atoms with Gasteiger partial charge in [-0.05, 0) is 35.5 Å². The van der Waals surface area contributed by atoms with Crippen molar-refractivity contribution in [2.45, 2.75) is 13.0 Å². The van der Waals surface area contributed by atoms with E-state index in [0.717, 1.165) is 0 Å². The fourth-order valence-electron chi connectivity index (χ4n) is 2.86. The molecule has 0 aliphatic carbocycles. The molecule has 0 saturated carbocycles. The van der Waals surface area contributed by atoms with E-state index in [1.54, 1.807) is 18.2 Å². The fraction of sp³-hybridized carbons (Fsp3) is 0.312. The first kappa shape index (κ1) is 17.4. The molecule has 2 aromatic rings. The van der Waals surface area contributed by atoms with Gasteiger partial charge in [0.2, 0.25) is 5.95 Å². The van der Waals surface area contributed by atoms with Gasteiger partial charge in [0.05, 0.1) is 26.9 Å². The Balaban J connectivity index is 2.31. The molecule has 136 valence electrons. The third-order valence-electron chi connectivity index (χ3n) is 4.02.